The Balaban J connectivity index is 0.00000129. The minimum atomic E-state index is -0.415. The average molecular weight is 505 g/mol. The fourth-order valence-corrected chi connectivity index (χ4v) is 4.38. The lowest BCUT2D eigenvalue weighted by molar-refractivity contribution is 0.0771. The molecule has 1 aliphatic rings. The van der Waals surface area contributed by atoms with Gasteiger partial charge in [0.2, 0.25) is 0 Å². The van der Waals surface area contributed by atoms with Crippen molar-refractivity contribution >= 4 is 35.2 Å². The highest BCUT2D eigenvalue weighted by molar-refractivity contribution is 7.99. The average Bonchev–Trinajstić information content (AvgIpc) is 3.09. The normalized spacial score (nSPS) is 12.8. The Hall–Kier alpha value is -2.76. The quantitative estimate of drug-likeness (QED) is 0.451. The fraction of sp³-hybridized carbons (Fsp3) is 0.400. The molecule has 182 valence electrons. The van der Waals surface area contributed by atoms with Gasteiger partial charge >= 0.3 is 0 Å². The summed E-state index contributed by atoms with van der Waals surface area (Å²) >= 11 is 8.12. The number of imidazole rings is 1. The molecule has 1 aliphatic heterocycles. The molecule has 34 heavy (non-hydrogen) atoms. The van der Waals surface area contributed by atoms with E-state index in [1.165, 1.54) is 6.07 Å². The lowest BCUT2D eigenvalue weighted by Crippen LogP contribution is -2.38. The van der Waals surface area contributed by atoms with Crippen LogP contribution in [0.4, 0.5) is 4.48 Å². The summed E-state index contributed by atoms with van der Waals surface area (Å²) in [5.74, 6) is 3.65. The van der Waals surface area contributed by atoms with Crippen molar-refractivity contribution in [1.82, 2.24) is 20.0 Å². The molecular weight excluding hydrogens is 475 g/mol. The molecule has 0 saturated carbocycles. The molecule has 2 amide bonds. The van der Waals surface area contributed by atoms with Gasteiger partial charge in [0, 0.05) is 36.6 Å². The van der Waals surface area contributed by atoms with Crippen LogP contribution in [0.3, 0.4) is 0 Å². The van der Waals surface area contributed by atoms with Gasteiger partial charge in [-0.25, -0.2) is 4.98 Å². The lowest BCUT2D eigenvalue weighted by atomic mass is 10.1. The van der Waals surface area contributed by atoms with Crippen molar-refractivity contribution in [1.29, 1.82) is 0 Å². The van der Waals surface area contributed by atoms with Crippen LogP contribution in [-0.2, 0) is 13.0 Å². The third-order valence-electron chi connectivity index (χ3n) is 5.07. The SMILES string of the molecule is C#CC.CC(C)=CCc1nc(CNC(=O)c2ccc(C(=O)N3CCSCC3)c(Cl)c2)n(F)c1C. The summed E-state index contributed by atoms with van der Waals surface area (Å²) in [7, 11) is 0. The molecule has 9 heteroatoms. The van der Waals surface area contributed by atoms with Crippen LogP contribution in [0.5, 0.6) is 0 Å². The van der Waals surface area contributed by atoms with Crippen LogP contribution in [-0.4, -0.2) is 51.1 Å². The number of carbonyl (C=O) groups excluding carboxylic acids is 2. The molecule has 1 aromatic heterocycles. The number of halogens is 2. The van der Waals surface area contributed by atoms with Crippen LogP contribution >= 0.6 is 23.4 Å². The molecule has 1 N–H and O–H groups in total. The molecular formula is C25H30ClFN4O2S. The number of nitrogens with one attached hydrogen (secondary N) is 1. The molecule has 2 aromatic rings. The molecule has 3 rings (SSSR count). The van der Waals surface area contributed by atoms with E-state index in [4.69, 9.17) is 11.6 Å². The van der Waals surface area contributed by atoms with E-state index >= 15 is 0 Å². The molecule has 0 radical (unpaired) electrons. The first-order valence-corrected chi connectivity index (χ1v) is 12.4. The number of nitrogens with zero attached hydrogens (tertiary/aromatic N) is 3. The highest BCUT2D eigenvalue weighted by Crippen LogP contribution is 2.22. The van der Waals surface area contributed by atoms with Gasteiger partial charge in [0.1, 0.15) is 0 Å². The monoisotopic (exact) mass is 504 g/mol. The topological polar surface area (TPSA) is 67.2 Å². The maximum absolute atomic E-state index is 14.4. The molecule has 6 nitrogen and oxygen atoms in total. The molecule has 0 unspecified atom stereocenters. The number of carbonyl (C=O) groups is 2. The second kappa shape index (κ2) is 13.2. The zero-order chi connectivity index (χ0) is 25.3. The minimum Gasteiger partial charge on any atom is -0.345 e. The van der Waals surface area contributed by atoms with E-state index in [2.05, 4.69) is 22.6 Å². The number of amides is 2. The zero-order valence-electron chi connectivity index (χ0n) is 20.0. The first kappa shape index (κ1) is 27.5. The maximum Gasteiger partial charge on any atom is 0.255 e. The van der Waals surface area contributed by atoms with Gasteiger partial charge in [0.05, 0.1) is 28.5 Å². The predicted octanol–water partition coefficient (Wildman–Crippen LogP) is 4.84. The Labute approximate surface area is 209 Å². The minimum absolute atomic E-state index is 0.0608. The van der Waals surface area contributed by atoms with Crippen LogP contribution in [0, 0.1) is 19.3 Å². The summed E-state index contributed by atoms with van der Waals surface area (Å²) in [5.41, 5.74) is 2.86. The highest BCUT2D eigenvalue weighted by Gasteiger charge is 2.21. The molecule has 1 saturated heterocycles. The molecule has 0 aliphatic carbocycles. The molecule has 2 heterocycles. The van der Waals surface area contributed by atoms with Crippen molar-refractivity contribution in [3.05, 3.63) is 63.2 Å². The van der Waals surface area contributed by atoms with E-state index in [1.54, 1.807) is 30.9 Å². The van der Waals surface area contributed by atoms with Crippen molar-refractivity contribution in [3.63, 3.8) is 0 Å². The number of hydrogen-bond donors (Lipinski definition) is 1. The Morgan fingerprint density at radius 1 is 1.32 bits per heavy atom. The fourth-order valence-electron chi connectivity index (χ4n) is 3.22. The van der Waals surface area contributed by atoms with Crippen molar-refractivity contribution in [3.8, 4) is 12.3 Å². The van der Waals surface area contributed by atoms with Gasteiger partial charge in [-0.3, -0.25) is 9.59 Å². The number of hydrogen-bond acceptors (Lipinski definition) is 4. The van der Waals surface area contributed by atoms with Crippen molar-refractivity contribution < 1.29 is 14.1 Å². The summed E-state index contributed by atoms with van der Waals surface area (Å²) in [6, 6.07) is 4.59. The predicted molar refractivity (Wildman–Crippen MR) is 137 cm³/mol. The molecule has 0 atom stereocenters. The number of aromatic nitrogens is 2. The standard InChI is InChI=1S/C22H26ClFN4O2S.C3H4/c1-14(2)4-7-19-15(3)28(24)20(26-19)13-25-21(29)16-5-6-17(18(23)12-16)22(30)27-8-10-31-11-9-27;1-3-2/h4-6,12H,7-11,13H2,1-3H3,(H,25,29);1H,2H3. The first-order valence-electron chi connectivity index (χ1n) is 10.9. The highest BCUT2D eigenvalue weighted by atomic mass is 35.5. The summed E-state index contributed by atoms with van der Waals surface area (Å²) < 4.78 is 14.4. The van der Waals surface area contributed by atoms with Crippen LogP contribution < -0.4 is 5.32 Å². The maximum atomic E-state index is 14.4. The summed E-state index contributed by atoms with van der Waals surface area (Å²) in [6.07, 6.45) is 7.11. The summed E-state index contributed by atoms with van der Waals surface area (Å²) in [5, 5.41) is 2.89. The number of thioether (sulfide) groups is 1. The smallest absolute Gasteiger partial charge is 0.255 e. The second-order valence-electron chi connectivity index (χ2n) is 7.90. The number of rotatable bonds is 6. The molecule has 1 fully saturated rings. The van der Waals surface area contributed by atoms with Crippen molar-refractivity contribution in [2.45, 2.75) is 40.7 Å². The van der Waals surface area contributed by atoms with E-state index in [9.17, 15) is 14.1 Å². The molecule has 1 aromatic carbocycles. The summed E-state index contributed by atoms with van der Waals surface area (Å²) in [6.45, 7) is 8.56. The largest absolute Gasteiger partial charge is 0.345 e. The van der Waals surface area contributed by atoms with Crippen LogP contribution in [0.1, 0.15) is 58.7 Å². The number of benzene rings is 1. The van der Waals surface area contributed by atoms with Crippen LogP contribution in [0.25, 0.3) is 0 Å². The Morgan fingerprint density at radius 2 is 1.97 bits per heavy atom. The Kier molecular flexibility index (Phi) is 10.7. The number of terminal acetylenes is 1. The van der Waals surface area contributed by atoms with E-state index in [0.717, 1.165) is 17.1 Å². The van der Waals surface area contributed by atoms with E-state index in [-0.39, 0.29) is 23.3 Å². The van der Waals surface area contributed by atoms with Gasteiger partial charge in [0.25, 0.3) is 11.8 Å². The number of allylic oxidation sites excluding steroid dienone is 2. The van der Waals surface area contributed by atoms with Gasteiger partial charge in [-0.15, -0.1) is 12.3 Å². The van der Waals surface area contributed by atoms with Crippen molar-refractivity contribution in [2.75, 3.05) is 24.6 Å². The summed E-state index contributed by atoms with van der Waals surface area (Å²) in [4.78, 5) is 31.8. The van der Waals surface area contributed by atoms with Gasteiger partial charge in [-0.2, -0.15) is 16.6 Å². The van der Waals surface area contributed by atoms with Gasteiger partial charge < -0.3 is 10.2 Å². The van der Waals surface area contributed by atoms with Gasteiger partial charge in [0.15, 0.2) is 5.82 Å². The van der Waals surface area contributed by atoms with E-state index < -0.39 is 5.91 Å². The Bertz CT molecular complexity index is 1100. The second-order valence-corrected chi connectivity index (χ2v) is 9.53. The van der Waals surface area contributed by atoms with Gasteiger partial charge in [-0.05, 0) is 45.9 Å². The molecule has 0 bridgehead atoms. The Morgan fingerprint density at radius 3 is 2.56 bits per heavy atom. The zero-order valence-corrected chi connectivity index (χ0v) is 21.5. The lowest BCUT2D eigenvalue weighted by Gasteiger charge is -2.26. The van der Waals surface area contributed by atoms with Gasteiger partial charge in [-0.1, -0.05) is 27.7 Å². The first-order chi connectivity index (χ1) is 16.2. The third kappa shape index (κ3) is 7.37. The van der Waals surface area contributed by atoms with E-state index in [1.807, 2.05) is 31.7 Å². The molecule has 0 spiro atoms. The van der Waals surface area contributed by atoms with Crippen LogP contribution in [0.2, 0.25) is 5.02 Å². The van der Waals surface area contributed by atoms with E-state index in [0.29, 0.717) is 46.8 Å². The third-order valence-corrected chi connectivity index (χ3v) is 6.33. The van der Waals surface area contributed by atoms with Crippen molar-refractivity contribution in [2.24, 2.45) is 0 Å². The van der Waals surface area contributed by atoms with Crippen LogP contribution in [0.15, 0.2) is 29.8 Å².